The van der Waals surface area contributed by atoms with Gasteiger partial charge in [0.25, 0.3) is 0 Å². The molecule has 4 nitrogen and oxygen atoms in total. The van der Waals surface area contributed by atoms with Gasteiger partial charge in [-0.25, -0.2) is 4.79 Å². The molecule has 1 N–H and O–H groups in total. The van der Waals surface area contributed by atoms with Crippen LogP contribution in [0.25, 0.3) is 0 Å². The number of carbonyl (C=O) groups excluding carboxylic acids is 1. The van der Waals surface area contributed by atoms with Crippen LogP contribution in [-0.4, -0.2) is 38.3 Å². The Bertz CT molecular complexity index is 133. The summed E-state index contributed by atoms with van der Waals surface area (Å²) in [5, 5.41) is 2.56. The average molecular weight is 210 g/mol. The van der Waals surface area contributed by atoms with Crippen LogP contribution >= 0.6 is 11.6 Å². The minimum Gasteiger partial charge on any atom is -0.447 e. The van der Waals surface area contributed by atoms with Gasteiger partial charge in [0.05, 0.1) is 6.61 Å². The highest BCUT2D eigenvalue weighted by Crippen LogP contribution is 1.83. The summed E-state index contributed by atoms with van der Waals surface area (Å²) in [4.78, 5) is 10.8. The fourth-order valence-electron chi connectivity index (χ4n) is 0.646. The smallest absolute Gasteiger partial charge is 0.407 e. The monoisotopic (exact) mass is 209 g/mol. The molecular formula is C8H16ClNO3. The molecule has 0 aliphatic carbocycles. The number of ether oxygens (including phenoxy) is 2. The third-order valence-corrected chi connectivity index (χ3v) is 1.51. The maximum Gasteiger partial charge on any atom is 0.407 e. The number of halogens is 1. The highest BCUT2D eigenvalue weighted by atomic mass is 35.5. The summed E-state index contributed by atoms with van der Waals surface area (Å²) in [5.41, 5.74) is 0. The van der Waals surface area contributed by atoms with Gasteiger partial charge in [-0.15, -0.1) is 11.6 Å². The van der Waals surface area contributed by atoms with Crippen molar-refractivity contribution in [2.24, 2.45) is 0 Å². The molecule has 0 rings (SSSR count). The van der Waals surface area contributed by atoms with Gasteiger partial charge in [0, 0.05) is 19.0 Å². The van der Waals surface area contributed by atoms with Crippen molar-refractivity contribution in [2.75, 3.05) is 32.2 Å². The molecular weight excluding hydrogens is 194 g/mol. The number of alkyl halides is 1. The lowest BCUT2D eigenvalue weighted by Crippen LogP contribution is -2.26. The van der Waals surface area contributed by atoms with Crippen LogP contribution in [-0.2, 0) is 9.47 Å². The lowest BCUT2D eigenvalue weighted by molar-refractivity contribution is 0.0789. The molecule has 0 aliphatic rings. The van der Waals surface area contributed by atoms with Crippen molar-refractivity contribution in [3.05, 3.63) is 0 Å². The molecule has 0 saturated heterocycles. The van der Waals surface area contributed by atoms with Gasteiger partial charge in [0.2, 0.25) is 0 Å². The summed E-state index contributed by atoms with van der Waals surface area (Å²) in [7, 11) is 0. The molecule has 0 aromatic rings. The van der Waals surface area contributed by atoms with E-state index in [0.29, 0.717) is 32.2 Å². The zero-order valence-corrected chi connectivity index (χ0v) is 8.60. The van der Waals surface area contributed by atoms with Crippen LogP contribution in [0.4, 0.5) is 4.79 Å². The van der Waals surface area contributed by atoms with Crippen molar-refractivity contribution in [2.45, 2.75) is 13.3 Å². The van der Waals surface area contributed by atoms with E-state index >= 15 is 0 Å². The highest BCUT2D eigenvalue weighted by Gasteiger charge is 1.99. The third-order valence-electron chi connectivity index (χ3n) is 1.24. The topological polar surface area (TPSA) is 47.6 Å². The normalized spacial score (nSPS) is 9.69. The van der Waals surface area contributed by atoms with E-state index in [-0.39, 0.29) is 0 Å². The Morgan fingerprint density at radius 2 is 2.23 bits per heavy atom. The molecule has 0 aromatic heterocycles. The van der Waals surface area contributed by atoms with E-state index in [2.05, 4.69) is 5.32 Å². The van der Waals surface area contributed by atoms with Crippen LogP contribution in [0.5, 0.6) is 0 Å². The predicted octanol–water partition coefficient (Wildman–Crippen LogP) is 1.38. The van der Waals surface area contributed by atoms with E-state index in [1.54, 1.807) is 0 Å². The van der Waals surface area contributed by atoms with Crippen LogP contribution in [0.1, 0.15) is 13.3 Å². The fourth-order valence-corrected chi connectivity index (χ4v) is 0.780. The fraction of sp³-hybridized carbons (Fsp3) is 0.875. The Kier molecular flexibility index (Phi) is 9.25. The van der Waals surface area contributed by atoms with E-state index in [9.17, 15) is 4.79 Å². The molecule has 0 bridgehead atoms. The van der Waals surface area contributed by atoms with E-state index in [1.165, 1.54) is 0 Å². The Morgan fingerprint density at radius 1 is 1.46 bits per heavy atom. The van der Waals surface area contributed by atoms with Crippen LogP contribution in [0.2, 0.25) is 0 Å². The van der Waals surface area contributed by atoms with Gasteiger partial charge in [0.15, 0.2) is 0 Å². The van der Waals surface area contributed by atoms with E-state index < -0.39 is 6.09 Å². The van der Waals surface area contributed by atoms with E-state index in [4.69, 9.17) is 21.1 Å². The van der Waals surface area contributed by atoms with Crippen LogP contribution in [0.15, 0.2) is 0 Å². The number of amides is 1. The second-order valence-electron chi connectivity index (χ2n) is 2.30. The van der Waals surface area contributed by atoms with Crippen molar-refractivity contribution in [1.82, 2.24) is 5.32 Å². The van der Waals surface area contributed by atoms with Gasteiger partial charge < -0.3 is 14.8 Å². The van der Waals surface area contributed by atoms with Gasteiger partial charge >= 0.3 is 6.09 Å². The van der Waals surface area contributed by atoms with Gasteiger partial charge in [-0.3, -0.25) is 0 Å². The van der Waals surface area contributed by atoms with Crippen molar-refractivity contribution in [3.8, 4) is 0 Å². The zero-order chi connectivity index (χ0) is 9.94. The van der Waals surface area contributed by atoms with Gasteiger partial charge in [-0.1, -0.05) is 0 Å². The van der Waals surface area contributed by atoms with Crippen LogP contribution in [0.3, 0.4) is 0 Å². The average Bonchev–Trinajstić information content (AvgIpc) is 2.13. The van der Waals surface area contributed by atoms with Crippen LogP contribution in [0, 0.1) is 0 Å². The molecule has 0 heterocycles. The number of alkyl carbamates (subject to hydrolysis) is 1. The SMILES string of the molecule is CCOCCOC(=O)NCCCCl. The Balaban J connectivity index is 3.11. The molecule has 0 saturated carbocycles. The molecule has 0 atom stereocenters. The summed E-state index contributed by atoms with van der Waals surface area (Å²) >= 11 is 5.42. The third kappa shape index (κ3) is 9.43. The molecule has 0 fully saturated rings. The summed E-state index contributed by atoms with van der Waals surface area (Å²) in [6, 6.07) is 0. The standard InChI is InChI=1S/C8H16ClNO3/c1-2-12-6-7-13-8(11)10-5-3-4-9/h2-7H2,1H3,(H,10,11). The highest BCUT2D eigenvalue weighted by molar-refractivity contribution is 6.17. The quantitative estimate of drug-likeness (QED) is 0.509. The number of rotatable bonds is 7. The van der Waals surface area contributed by atoms with Crippen molar-refractivity contribution in [1.29, 1.82) is 0 Å². The molecule has 0 aromatic carbocycles. The maximum absolute atomic E-state index is 10.8. The first-order chi connectivity index (χ1) is 6.31. The minimum absolute atomic E-state index is 0.292. The minimum atomic E-state index is -0.412. The number of carbonyl (C=O) groups is 1. The predicted molar refractivity (Wildman–Crippen MR) is 51.2 cm³/mol. The first-order valence-electron chi connectivity index (χ1n) is 4.35. The van der Waals surface area contributed by atoms with Crippen molar-refractivity contribution in [3.63, 3.8) is 0 Å². The summed E-state index contributed by atoms with van der Waals surface area (Å²) in [6.07, 6.45) is 0.340. The lowest BCUT2D eigenvalue weighted by atomic mass is 10.5. The Labute approximate surface area is 83.5 Å². The molecule has 13 heavy (non-hydrogen) atoms. The van der Waals surface area contributed by atoms with Crippen LogP contribution < -0.4 is 5.32 Å². The zero-order valence-electron chi connectivity index (χ0n) is 7.85. The van der Waals surface area contributed by atoms with Gasteiger partial charge in [0.1, 0.15) is 6.61 Å². The molecule has 0 radical (unpaired) electrons. The van der Waals surface area contributed by atoms with Gasteiger partial charge in [-0.05, 0) is 13.3 Å². The molecule has 0 spiro atoms. The number of nitrogens with one attached hydrogen (secondary N) is 1. The molecule has 0 unspecified atom stereocenters. The number of hydrogen-bond acceptors (Lipinski definition) is 3. The molecule has 1 amide bonds. The van der Waals surface area contributed by atoms with E-state index in [1.807, 2.05) is 6.92 Å². The van der Waals surface area contributed by atoms with Crippen molar-refractivity contribution < 1.29 is 14.3 Å². The summed E-state index contributed by atoms with van der Waals surface area (Å²) in [5.74, 6) is 0.541. The maximum atomic E-state index is 10.8. The molecule has 0 aliphatic heterocycles. The Hall–Kier alpha value is -0.480. The summed E-state index contributed by atoms with van der Waals surface area (Å²) < 4.78 is 9.76. The van der Waals surface area contributed by atoms with E-state index in [0.717, 1.165) is 6.42 Å². The molecule has 5 heteroatoms. The largest absolute Gasteiger partial charge is 0.447 e. The molecule has 78 valence electrons. The number of hydrogen-bond donors (Lipinski definition) is 1. The second kappa shape index (κ2) is 9.61. The van der Waals surface area contributed by atoms with Crippen molar-refractivity contribution >= 4 is 17.7 Å². The van der Waals surface area contributed by atoms with Gasteiger partial charge in [-0.2, -0.15) is 0 Å². The lowest BCUT2D eigenvalue weighted by Gasteiger charge is -2.05. The Morgan fingerprint density at radius 3 is 2.85 bits per heavy atom. The first-order valence-corrected chi connectivity index (χ1v) is 4.89. The first kappa shape index (κ1) is 12.5. The summed E-state index contributed by atoms with van der Waals surface area (Å²) in [6.45, 7) is 3.81. The second-order valence-corrected chi connectivity index (χ2v) is 2.68.